The Morgan fingerprint density at radius 1 is 0.968 bits per heavy atom. The van der Waals surface area contributed by atoms with Gasteiger partial charge in [0.25, 0.3) is 0 Å². The monoisotopic (exact) mass is 483 g/mol. The molecule has 0 aliphatic heterocycles. The number of aromatic nitrogens is 4. The summed E-state index contributed by atoms with van der Waals surface area (Å²) in [5.41, 5.74) is 1.79. The van der Waals surface area contributed by atoms with E-state index in [9.17, 15) is 0 Å². The Balaban J connectivity index is 1.72. The Morgan fingerprint density at radius 2 is 1.77 bits per heavy atom. The minimum absolute atomic E-state index is 0.278. The standard InChI is InChI=1S/C21H24Cl3N5O2/c1-3-5-8-29-21(26-27-28-29)25-12-15-10-18(24)20(19(11-15)30-4-2)31-13-14-6-7-16(22)17(23)9-14/h6-7,9-11H,3-5,8,12-13H2,1-2H3,(H,25,26,28). The molecule has 0 amide bonds. The van der Waals surface area contributed by atoms with E-state index < -0.39 is 0 Å². The van der Waals surface area contributed by atoms with Crippen molar-refractivity contribution in [3.8, 4) is 11.5 Å². The Labute approximate surface area is 196 Å². The number of anilines is 1. The number of nitrogens with one attached hydrogen (secondary N) is 1. The molecule has 0 radical (unpaired) electrons. The highest BCUT2D eigenvalue weighted by atomic mass is 35.5. The van der Waals surface area contributed by atoms with Crippen molar-refractivity contribution in [1.82, 2.24) is 20.2 Å². The first-order chi connectivity index (χ1) is 15.0. The number of rotatable bonds is 11. The molecule has 7 nitrogen and oxygen atoms in total. The Kier molecular flexibility index (Phi) is 8.63. The summed E-state index contributed by atoms with van der Waals surface area (Å²) in [5.74, 6) is 1.66. The quantitative estimate of drug-likeness (QED) is 0.358. The van der Waals surface area contributed by atoms with Crippen LogP contribution in [0.5, 0.6) is 11.5 Å². The number of tetrazole rings is 1. The van der Waals surface area contributed by atoms with Crippen LogP contribution in [0.15, 0.2) is 30.3 Å². The maximum absolute atomic E-state index is 6.53. The number of hydrogen-bond acceptors (Lipinski definition) is 6. The van der Waals surface area contributed by atoms with Gasteiger partial charge in [-0.1, -0.05) is 59.3 Å². The Hall–Kier alpha value is -2.22. The van der Waals surface area contributed by atoms with Crippen molar-refractivity contribution in [2.75, 3.05) is 11.9 Å². The number of aryl methyl sites for hydroxylation is 1. The van der Waals surface area contributed by atoms with Gasteiger partial charge in [-0.05, 0) is 59.2 Å². The molecule has 0 bridgehead atoms. The molecule has 1 aromatic heterocycles. The van der Waals surface area contributed by atoms with Crippen molar-refractivity contribution in [2.45, 2.75) is 46.4 Å². The van der Waals surface area contributed by atoms with Crippen LogP contribution in [-0.4, -0.2) is 26.8 Å². The fraction of sp³-hybridized carbons (Fsp3) is 0.381. The molecule has 0 saturated carbocycles. The lowest BCUT2D eigenvalue weighted by Crippen LogP contribution is -2.09. The van der Waals surface area contributed by atoms with Crippen molar-refractivity contribution >= 4 is 40.8 Å². The molecule has 1 heterocycles. The van der Waals surface area contributed by atoms with Gasteiger partial charge < -0.3 is 14.8 Å². The molecule has 10 heteroatoms. The number of benzene rings is 2. The van der Waals surface area contributed by atoms with Gasteiger partial charge >= 0.3 is 0 Å². The van der Waals surface area contributed by atoms with Gasteiger partial charge in [0.05, 0.1) is 21.7 Å². The minimum Gasteiger partial charge on any atom is -0.490 e. The van der Waals surface area contributed by atoms with E-state index in [1.54, 1.807) is 16.8 Å². The topological polar surface area (TPSA) is 74.1 Å². The molecule has 0 spiro atoms. The van der Waals surface area contributed by atoms with Crippen LogP contribution in [0, 0.1) is 0 Å². The van der Waals surface area contributed by atoms with Gasteiger partial charge in [0.2, 0.25) is 5.95 Å². The molecule has 0 saturated heterocycles. The van der Waals surface area contributed by atoms with E-state index in [-0.39, 0.29) is 6.61 Å². The SMILES string of the molecule is CCCCn1nnnc1NCc1cc(Cl)c(OCc2ccc(Cl)c(Cl)c2)c(OCC)c1. The number of ether oxygens (including phenoxy) is 2. The molecule has 2 aromatic carbocycles. The summed E-state index contributed by atoms with van der Waals surface area (Å²) >= 11 is 18.6. The summed E-state index contributed by atoms with van der Waals surface area (Å²) in [6.45, 7) is 6.03. The highest BCUT2D eigenvalue weighted by Gasteiger charge is 2.14. The van der Waals surface area contributed by atoms with Crippen molar-refractivity contribution in [1.29, 1.82) is 0 Å². The lowest BCUT2D eigenvalue weighted by atomic mass is 10.2. The van der Waals surface area contributed by atoms with Gasteiger partial charge in [-0.2, -0.15) is 0 Å². The number of nitrogens with zero attached hydrogens (tertiary/aromatic N) is 4. The largest absolute Gasteiger partial charge is 0.490 e. The highest BCUT2D eigenvalue weighted by molar-refractivity contribution is 6.42. The van der Waals surface area contributed by atoms with Gasteiger partial charge in [-0.15, -0.1) is 0 Å². The third-order valence-electron chi connectivity index (χ3n) is 4.44. The van der Waals surface area contributed by atoms with Crippen LogP contribution in [0.3, 0.4) is 0 Å². The zero-order chi connectivity index (χ0) is 22.2. The van der Waals surface area contributed by atoms with Crippen LogP contribution in [-0.2, 0) is 19.7 Å². The normalized spacial score (nSPS) is 10.9. The molecule has 0 aliphatic rings. The van der Waals surface area contributed by atoms with Gasteiger partial charge in [0.1, 0.15) is 6.61 Å². The van der Waals surface area contributed by atoms with Crippen LogP contribution in [0.2, 0.25) is 15.1 Å². The molecule has 3 rings (SSSR count). The molecule has 1 N–H and O–H groups in total. The van der Waals surface area contributed by atoms with Gasteiger partial charge in [0, 0.05) is 13.1 Å². The molecule has 0 atom stereocenters. The van der Waals surface area contributed by atoms with Gasteiger partial charge in [-0.25, -0.2) is 4.68 Å². The first-order valence-corrected chi connectivity index (χ1v) is 11.2. The van der Waals surface area contributed by atoms with Crippen LogP contribution in [0.4, 0.5) is 5.95 Å². The predicted molar refractivity (Wildman–Crippen MR) is 123 cm³/mol. The summed E-state index contributed by atoms with van der Waals surface area (Å²) in [5, 5.41) is 16.5. The van der Waals surface area contributed by atoms with Gasteiger partial charge in [0.15, 0.2) is 11.5 Å². The molecule has 0 aliphatic carbocycles. The van der Waals surface area contributed by atoms with Crippen molar-refractivity contribution in [2.24, 2.45) is 0 Å². The summed E-state index contributed by atoms with van der Waals surface area (Å²) in [7, 11) is 0. The van der Waals surface area contributed by atoms with E-state index in [1.807, 2.05) is 25.1 Å². The van der Waals surface area contributed by atoms with Crippen molar-refractivity contribution in [3.63, 3.8) is 0 Å². The van der Waals surface area contributed by atoms with Crippen LogP contribution < -0.4 is 14.8 Å². The van der Waals surface area contributed by atoms with E-state index in [4.69, 9.17) is 44.3 Å². The summed E-state index contributed by atoms with van der Waals surface area (Å²) in [6.07, 6.45) is 2.07. The van der Waals surface area contributed by atoms with E-state index in [1.165, 1.54) is 0 Å². The molecule has 31 heavy (non-hydrogen) atoms. The lowest BCUT2D eigenvalue weighted by Gasteiger charge is -2.16. The molecule has 0 fully saturated rings. The second-order valence-electron chi connectivity index (χ2n) is 6.81. The van der Waals surface area contributed by atoms with E-state index in [0.717, 1.165) is 30.5 Å². The second kappa shape index (κ2) is 11.4. The van der Waals surface area contributed by atoms with Crippen molar-refractivity contribution in [3.05, 3.63) is 56.5 Å². The van der Waals surface area contributed by atoms with E-state index in [2.05, 4.69) is 27.8 Å². The van der Waals surface area contributed by atoms with Crippen molar-refractivity contribution < 1.29 is 9.47 Å². The smallest absolute Gasteiger partial charge is 0.243 e. The third kappa shape index (κ3) is 6.38. The molecular weight excluding hydrogens is 461 g/mol. The molecular formula is C21H24Cl3N5O2. The highest BCUT2D eigenvalue weighted by Crippen LogP contribution is 2.37. The van der Waals surface area contributed by atoms with E-state index >= 15 is 0 Å². The lowest BCUT2D eigenvalue weighted by molar-refractivity contribution is 0.269. The fourth-order valence-corrected chi connectivity index (χ4v) is 3.49. The minimum atomic E-state index is 0.278. The fourth-order valence-electron chi connectivity index (χ4n) is 2.88. The summed E-state index contributed by atoms with van der Waals surface area (Å²) in [6, 6.07) is 9.08. The van der Waals surface area contributed by atoms with Crippen LogP contribution in [0.25, 0.3) is 0 Å². The van der Waals surface area contributed by atoms with Crippen LogP contribution in [0.1, 0.15) is 37.8 Å². The third-order valence-corrected chi connectivity index (χ3v) is 5.46. The number of unbranched alkanes of at least 4 members (excludes halogenated alkanes) is 1. The maximum Gasteiger partial charge on any atom is 0.243 e. The molecule has 3 aromatic rings. The Morgan fingerprint density at radius 3 is 2.52 bits per heavy atom. The van der Waals surface area contributed by atoms with Gasteiger partial charge in [-0.3, -0.25) is 0 Å². The molecule has 0 unspecified atom stereocenters. The summed E-state index contributed by atoms with van der Waals surface area (Å²) < 4.78 is 13.5. The first kappa shape index (κ1) is 23.4. The maximum atomic E-state index is 6.53. The Bertz CT molecular complexity index is 1010. The first-order valence-electron chi connectivity index (χ1n) is 10.0. The zero-order valence-corrected chi connectivity index (χ0v) is 19.6. The number of hydrogen-bond donors (Lipinski definition) is 1. The second-order valence-corrected chi connectivity index (χ2v) is 8.03. The zero-order valence-electron chi connectivity index (χ0n) is 17.4. The average Bonchev–Trinajstić information content (AvgIpc) is 3.20. The summed E-state index contributed by atoms with van der Waals surface area (Å²) in [4.78, 5) is 0. The predicted octanol–water partition coefficient (Wildman–Crippen LogP) is 6.02. The number of halogens is 3. The molecule has 166 valence electrons. The van der Waals surface area contributed by atoms with E-state index in [0.29, 0.717) is 45.7 Å². The average molecular weight is 485 g/mol. The van der Waals surface area contributed by atoms with Crippen LogP contribution >= 0.6 is 34.8 Å².